The van der Waals surface area contributed by atoms with E-state index in [9.17, 15) is 4.79 Å². The molecular formula is C30H26ClNO. The number of dihydropyridines is 1. The van der Waals surface area contributed by atoms with Crippen LogP contribution in [0.25, 0.3) is 11.8 Å². The van der Waals surface area contributed by atoms with E-state index in [1.807, 2.05) is 66.7 Å². The van der Waals surface area contributed by atoms with Crippen molar-refractivity contribution in [2.24, 2.45) is 5.41 Å². The van der Waals surface area contributed by atoms with Gasteiger partial charge in [0.15, 0.2) is 5.78 Å². The van der Waals surface area contributed by atoms with Gasteiger partial charge in [0.25, 0.3) is 0 Å². The Hall–Kier alpha value is -3.36. The van der Waals surface area contributed by atoms with Crippen molar-refractivity contribution in [1.29, 1.82) is 0 Å². The van der Waals surface area contributed by atoms with Crippen LogP contribution >= 0.6 is 11.6 Å². The van der Waals surface area contributed by atoms with Gasteiger partial charge < -0.3 is 5.32 Å². The van der Waals surface area contributed by atoms with Gasteiger partial charge in [0.1, 0.15) is 0 Å². The number of halogens is 1. The molecular weight excluding hydrogens is 426 g/mol. The molecule has 0 fully saturated rings. The molecule has 1 heterocycles. The number of hydrogen-bond acceptors (Lipinski definition) is 2. The third kappa shape index (κ3) is 4.19. The first kappa shape index (κ1) is 21.5. The van der Waals surface area contributed by atoms with E-state index in [4.69, 9.17) is 11.6 Å². The quantitative estimate of drug-likeness (QED) is 0.420. The van der Waals surface area contributed by atoms with Crippen LogP contribution in [0.4, 0.5) is 0 Å². The summed E-state index contributed by atoms with van der Waals surface area (Å²) in [7, 11) is 0. The standard InChI is InChI=1S/C30H26ClNO/c1-30(2)19-27-28(29(33)25(30)17-20-13-15-23(31)16-14-20)24(21-9-5-3-6-10-21)18-26(32-27)22-11-7-4-8-12-22/h3-18,24,32H,19H2,1-2H3/b25-17+. The van der Waals surface area contributed by atoms with E-state index >= 15 is 0 Å². The highest BCUT2D eigenvalue weighted by atomic mass is 35.5. The normalized spacial score (nSPS) is 20.8. The number of Topliss-reactive ketones (excluding diaryl/α,β-unsaturated/α-hetero) is 1. The van der Waals surface area contributed by atoms with E-state index in [2.05, 4.69) is 49.5 Å². The maximum Gasteiger partial charge on any atom is 0.188 e. The summed E-state index contributed by atoms with van der Waals surface area (Å²) in [5.74, 6) is 0.00999. The molecule has 2 aliphatic rings. The molecule has 0 spiro atoms. The number of hydrogen-bond donors (Lipinski definition) is 1. The molecule has 3 heteroatoms. The zero-order valence-electron chi connectivity index (χ0n) is 18.8. The smallest absolute Gasteiger partial charge is 0.188 e. The first-order chi connectivity index (χ1) is 15.9. The largest absolute Gasteiger partial charge is 0.358 e. The lowest BCUT2D eigenvalue weighted by Crippen LogP contribution is -2.37. The van der Waals surface area contributed by atoms with E-state index < -0.39 is 0 Å². The molecule has 1 N–H and O–H groups in total. The van der Waals surface area contributed by atoms with Gasteiger partial charge >= 0.3 is 0 Å². The molecule has 3 aromatic rings. The molecule has 1 unspecified atom stereocenters. The van der Waals surface area contributed by atoms with Crippen LogP contribution in [0, 0.1) is 5.41 Å². The van der Waals surface area contributed by atoms with Crippen molar-refractivity contribution in [1.82, 2.24) is 5.32 Å². The molecule has 164 valence electrons. The average molecular weight is 452 g/mol. The molecule has 0 saturated heterocycles. The summed E-state index contributed by atoms with van der Waals surface area (Å²) in [6, 6.07) is 28.3. The minimum atomic E-state index is -0.303. The third-order valence-electron chi connectivity index (χ3n) is 6.52. The topological polar surface area (TPSA) is 29.1 Å². The Labute approximate surface area is 200 Å². The first-order valence-electron chi connectivity index (χ1n) is 11.3. The van der Waals surface area contributed by atoms with Gasteiger partial charge in [-0.1, -0.05) is 98.2 Å². The molecule has 3 aromatic carbocycles. The maximum atomic E-state index is 14.1. The van der Waals surface area contributed by atoms with Gasteiger partial charge in [-0.3, -0.25) is 4.79 Å². The molecule has 2 nitrogen and oxygen atoms in total. The van der Waals surface area contributed by atoms with Crippen molar-refractivity contribution in [2.45, 2.75) is 26.2 Å². The molecule has 0 bridgehead atoms. The Kier molecular flexibility index (Phi) is 5.55. The second-order valence-electron chi connectivity index (χ2n) is 9.35. The lowest BCUT2D eigenvalue weighted by atomic mass is 9.67. The van der Waals surface area contributed by atoms with Crippen LogP contribution in [0.1, 0.15) is 42.9 Å². The van der Waals surface area contributed by atoms with Crippen molar-refractivity contribution < 1.29 is 4.79 Å². The van der Waals surface area contributed by atoms with Crippen molar-refractivity contribution in [2.75, 3.05) is 0 Å². The van der Waals surface area contributed by atoms with E-state index in [-0.39, 0.29) is 17.1 Å². The van der Waals surface area contributed by atoms with Crippen molar-refractivity contribution >= 4 is 29.2 Å². The minimum absolute atomic E-state index is 0.102. The van der Waals surface area contributed by atoms with Gasteiger partial charge in [-0.25, -0.2) is 0 Å². The lowest BCUT2D eigenvalue weighted by Gasteiger charge is -2.40. The Balaban J connectivity index is 1.63. The number of benzene rings is 3. The monoisotopic (exact) mass is 451 g/mol. The van der Waals surface area contributed by atoms with E-state index in [0.29, 0.717) is 5.02 Å². The molecule has 5 rings (SSSR count). The number of carbonyl (C=O) groups excluding carboxylic acids is 1. The third-order valence-corrected chi connectivity index (χ3v) is 6.77. The summed E-state index contributed by atoms with van der Waals surface area (Å²) in [4.78, 5) is 14.1. The molecule has 33 heavy (non-hydrogen) atoms. The fourth-order valence-corrected chi connectivity index (χ4v) is 4.94. The summed E-state index contributed by atoms with van der Waals surface area (Å²) in [5.41, 5.74) is 6.69. The molecule has 1 aliphatic carbocycles. The van der Waals surface area contributed by atoms with Gasteiger partial charge in [0, 0.05) is 33.5 Å². The average Bonchev–Trinajstić information content (AvgIpc) is 2.83. The number of ketones is 1. The second kappa shape index (κ2) is 8.53. The summed E-state index contributed by atoms with van der Waals surface area (Å²) in [6.45, 7) is 4.30. The van der Waals surface area contributed by atoms with Crippen molar-refractivity contribution in [3.63, 3.8) is 0 Å². The maximum absolute atomic E-state index is 14.1. The van der Waals surface area contributed by atoms with Crippen LogP contribution in [-0.4, -0.2) is 5.78 Å². The summed E-state index contributed by atoms with van der Waals surface area (Å²) in [5, 5.41) is 4.31. The molecule has 0 radical (unpaired) electrons. The minimum Gasteiger partial charge on any atom is -0.358 e. The van der Waals surface area contributed by atoms with Gasteiger partial charge in [-0.2, -0.15) is 0 Å². The Morgan fingerprint density at radius 1 is 0.909 bits per heavy atom. The summed E-state index contributed by atoms with van der Waals surface area (Å²) in [6.07, 6.45) is 4.99. The SMILES string of the molecule is CC1(C)CC2=C(C(=O)/C1=C\c1ccc(Cl)cc1)C(c1ccccc1)C=C(c1ccccc1)N2. The fourth-order valence-electron chi connectivity index (χ4n) is 4.81. The van der Waals surface area contributed by atoms with Crippen molar-refractivity contribution in [3.05, 3.63) is 130 Å². The van der Waals surface area contributed by atoms with Crippen LogP contribution in [-0.2, 0) is 4.79 Å². The van der Waals surface area contributed by atoms with Gasteiger partial charge in [-0.05, 0) is 52.8 Å². The predicted molar refractivity (Wildman–Crippen MR) is 137 cm³/mol. The van der Waals surface area contributed by atoms with Crippen LogP contribution < -0.4 is 5.32 Å². The number of rotatable bonds is 3. The van der Waals surface area contributed by atoms with E-state index in [1.165, 1.54) is 0 Å². The molecule has 1 atom stereocenters. The van der Waals surface area contributed by atoms with Crippen LogP contribution in [0.15, 0.2) is 108 Å². The number of carbonyl (C=O) groups is 1. The predicted octanol–water partition coefficient (Wildman–Crippen LogP) is 7.40. The molecule has 0 aromatic heterocycles. The summed E-state index contributed by atoms with van der Waals surface area (Å²) >= 11 is 6.07. The first-order valence-corrected chi connectivity index (χ1v) is 11.6. The number of nitrogens with one attached hydrogen (secondary N) is 1. The highest BCUT2D eigenvalue weighted by Crippen LogP contribution is 2.48. The zero-order chi connectivity index (χ0) is 23.0. The lowest BCUT2D eigenvalue weighted by molar-refractivity contribution is -0.113. The van der Waals surface area contributed by atoms with E-state index in [0.717, 1.165) is 45.7 Å². The van der Waals surface area contributed by atoms with Crippen molar-refractivity contribution in [3.8, 4) is 0 Å². The van der Waals surface area contributed by atoms with Gasteiger partial charge in [0.2, 0.25) is 0 Å². The summed E-state index contributed by atoms with van der Waals surface area (Å²) < 4.78 is 0. The Bertz CT molecular complexity index is 1280. The highest BCUT2D eigenvalue weighted by molar-refractivity contribution is 6.30. The fraction of sp³-hybridized carbons (Fsp3) is 0.167. The molecule has 1 aliphatic heterocycles. The van der Waals surface area contributed by atoms with E-state index in [1.54, 1.807) is 0 Å². The zero-order valence-corrected chi connectivity index (χ0v) is 19.6. The molecule has 0 saturated carbocycles. The van der Waals surface area contributed by atoms with Gasteiger partial charge in [0.05, 0.1) is 0 Å². The molecule has 0 amide bonds. The van der Waals surface area contributed by atoms with Crippen LogP contribution in [0.5, 0.6) is 0 Å². The van der Waals surface area contributed by atoms with Gasteiger partial charge in [-0.15, -0.1) is 0 Å². The second-order valence-corrected chi connectivity index (χ2v) is 9.79. The van der Waals surface area contributed by atoms with Crippen LogP contribution in [0.3, 0.4) is 0 Å². The Morgan fingerprint density at radius 3 is 2.21 bits per heavy atom. The Morgan fingerprint density at radius 2 is 1.55 bits per heavy atom. The number of allylic oxidation sites excluding steroid dienone is 4. The highest BCUT2D eigenvalue weighted by Gasteiger charge is 2.42. The van der Waals surface area contributed by atoms with Crippen LogP contribution in [0.2, 0.25) is 5.02 Å².